The molecule has 0 saturated heterocycles. The van der Waals surface area contributed by atoms with E-state index < -0.39 is 0 Å². The predicted octanol–water partition coefficient (Wildman–Crippen LogP) is 3.22. The highest BCUT2D eigenvalue weighted by atomic mass is 15.2. The molecule has 1 aromatic heterocycles. The minimum absolute atomic E-state index is 0.508. The van der Waals surface area contributed by atoms with Gasteiger partial charge in [-0.25, -0.2) is 0 Å². The van der Waals surface area contributed by atoms with E-state index in [1.807, 2.05) is 18.5 Å². The Bertz CT molecular complexity index is 580. The first-order valence-electron chi connectivity index (χ1n) is 7.69. The largest absolute Gasteiger partial charge is 0.365 e. The molecule has 1 atom stereocenters. The average Bonchev–Trinajstić information content (AvgIpc) is 2.69. The lowest BCUT2D eigenvalue weighted by atomic mass is 10.0. The number of hydrogen-bond donors (Lipinski definition) is 1. The number of aromatic nitrogens is 1. The summed E-state index contributed by atoms with van der Waals surface area (Å²) in [5.74, 6) is 0.621. The maximum absolute atomic E-state index is 4.24. The molecule has 1 aliphatic rings. The summed E-state index contributed by atoms with van der Waals surface area (Å²) in [6.45, 7) is 7.47. The van der Waals surface area contributed by atoms with Gasteiger partial charge in [-0.2, -0.15) is 0 Å². The third kappa shape index (κ3) is 3.24. The monoisotopic (exact) mass is 281 g/mol. The summed E-state index contributed by atoms with van der Waals surface area (Å²) in [5.41, 5.74) is 3.98. The first-order valence-corrected chi connectivity index (χ1v) is 7.69. The van der Waals surface area contributed by atoms with Gasteiger partial charge in [-0.1, -0.05) is 38.1 Å². The molecule has 21 heavy (non-hydrogen) atoms. The number of para-hydroxylation sites is 1. The second-order valence-electron chi connectivity index (χ2n) is 6.10. The maximum Gasteiger partial charge on any atom is 0.0445 e. The molecule has 2 aromatic rings. The van der Waals surface area contributed by atoms with E-state index in [9.17, 15) is 0 Å². The van der Waals surface area contributed by atoms with Crippen LogP contribution >= 0.6 is 0 Å². The van der Waals surface area contributed by atoms with Crippen molar-refractivity contribution in [2.45, 2.75) is 33.0 Å². The lowest BCUT2D eigenvalue weighted by Crippen LogP contribution is -2.41. The fraction of sp³-hybridized carbons (Fsp3) is 0.389. The first kappa shape index (κ1) is 14.1. The normalized spacial score (nSPS) is 18.4. The molecule has 0 amide bonds. The molecular formula is C18H23N3. The van der Waals surface area contributed by atoms with Crippen LogP contribution in [0.2, 0.25) is 0 Å². The van der Waals surface area contributed by atoms with Gasteiger partial charge in [0, 0.05) is 43.8 Å². The summed E-state index contributed by atoms with van der Waals surface area (Å²) in [7, 11) is 0. The number of nitrogens with zero attached hydrogens (tertiary/aromatic N) is 2. The van der Waals surface area contributed by atoms with Gasteiger partial charge >= 0.3 is 0 Å². The lowest BCUT2D eigenvalue weighted by Gasteiger charge is -2.29. The fourth-order valence-electron chi connectivity index (χ4n) is 2.92. The van der Waals surface area contributed by atoms with Crippen LogP contribution in [0.3, 0.4) is 0 Å². The maximum atomic E-state index is 4.24. The van der Waals surface area contributed by atoms with E-state index in [4.69, 9.17) is 0 Å². The van der Waals surface area contributed by atoms with Crippen molar-refractivity contribution in [1.29, 1.82) is 0 Å². The van der Waals surface area contributed by atoms with Crippen molar-refractivity contribution >= 4 is 5.69 Å². The van der Waals surface area contributed by atoms with E-state index in [0.717, 1.165) is 19.6 Å². The summed E-state index contributed by atoms with van der Waals surface area (Å²) >= 11 is 0. The summed E-state index contributed by atoms with van der Waals surface area (Å²) in [4.78, 5) is 6.72. The van der Waals surface area contributed by atoms with Crippen LogP contribution in [0.4, 0.5) is 5.69 Å². The van der Waals surface area contributed by atoms with Gasteiger partial charge in [0.05, 0.1) is 0 Å². The molecule has 0 radical (unpaired) electrons. The standard InChI is InChI=1S/C18H23N3/c1-14(2)17-13-21(12-15-6-5-9-19-10-15)18-8-4-3-7-16(18)11-20-17/h3-10,14,17,20H,11-13H2,1-2H3. The SMILES string of the molecule is CC(C)C1CN(Cc2cccnc2)c2ccccc2CN1. The topological polar surface area (TPSA) is 28.2 Å². The van der Waals surface area contributed by atoms with Crippen LogP contribution in [0.15, 0.2) is 48.8 Å². The fourth-order valence-corrected chi connectivity index (χ4v) is 2.92. The molecule has 110 valence electrons. The molecule has 2 heterocycles. The highest BCUT2D eigenvalue weighted by molar-refractivity contribution is 5.55. The van der Waals surface area contributed by atoms with Crippen LogP contribution < -0.4 is 10.2 Å². The van der Waals surface area contributed by atoms with Gasteiger partial charge in [-0.15, -0.1) is 0 Å². The van der Waals surface area contributed by atoms with Crippen molar-refractivity contribution in [1.82, 2.24) is 10.3 Å². The quantitative estimate of drug-likeness (QED) is 0.936. The zero-order valence-corrected chi connectivity index (χ0v) is 12.8. The Hall–Kier alpha value is -1.87. The Balaban J connectivity index is 1.90. The van der Waals surface area contributed by atoms with E-state index in [0.29, 0.717) is 12.0 Å². The molecule has 3 nitrogen and oxygen atoms in total. The van der Waals surface area contributed by atoms with Gasteiger partial charge < -0.3 is 10.2 Å². The van der Waals surface area contributed by atoms with Crippen molar-refractivity contribution in [3.63, 3.8) is 0 Å². The average molecular weight is 281 g/mol. The Morgan fingerprint density at radius 2 is 2.10 bits per heavy atom. The van der Waals surface area contributed by atoms with Gasteiger partial charge in [0.25, 0.3) is 0 Å². The summed E-state index contributed by atoms with van der Waals surface area (Å²) in [6.07, 6.45) is 3.80. The number of rotatable bonds is 3. The Kier molecular flexibility index (Phi) is 4.20. The van der Waals surface area contributed by atoms with Crippen LogP contribution in [0, 0.1) is 5.92 Å². The number of nitrogens with one attached hydrogen (secondary N) is 1. The molecule has 0 bridgehead atoms. The molecule has 1 aliphatic heterocycles. The molecule has 1 unspecified atom stereocenters. The summed E-state index contributed by atoms with van der Waals surface area (Å²) in [5, 5.41) is 3.70. The van der Waals surface area contributed by atoms with Gasteiger partial charge in [0.2, 0.25) is 0 Å². The second-order valence-corrected chi connectivity index (χ2v) is 6.10. The molecule has 1 N–H and O–H groups in total. The van der Waals surface area contributed by atoms with E-state index >= 15 is 0 Å². The van der Waals surface area contributed by atoms with Crippen molar-refractivity contribution in [2.24, 2.45) is 5.92 Å². The van der Waals surface area contributed by atoms with Crippen molar-refractivity contribution < 1.29 is 0 Å². The van der Waals surface area contributed by atoms with E-state index in [-0.39, 0.29) is 0 Å². The Morgan fingerprint density at radius 1 is 1.24 bits per heavy atom. The zero-order chi connectivity index (χ0) is 14.7. The molecule has 0 spiro atoms. The second kappa shape index (κ2) is 6.27. The van der Waals surface area contributed by atoms with Crippen LogP contribution in [0.5, 0.6) is 0 Å². The van der Waals surface area contributed by atoms with Crippen molar-refractivity contribution in [2.75, 3.05) is 11.4 Å². The van der Waals surface area contributed by atoms with E-state index in [1.54, 1.807) is 0 Å². The number of anilines is 1. The minimum atomic E-state index is 0.508. The van der Waals surface area contributed by atoms with E-state index in [1.165, 1.54) is 16.8 Å². The van der Waals surface area contributed by atoms with Crippen LogP contribution in [-0.4, -0.2) is 17.6 Å². The predicted molar refractivity (Wildman–Crippen MR) is 87.2 cm³/mol. The molecule has 3 heteroatoms. The first-order chi connectivity index (χ1) is 10.2. The van der Waals surface area contributed by atoms with Crippen LogP contribution in [0.1, 0.15) is 25.0 Å². The third-order valence-electron chi connectivity index (χ3n) is 4.21. The van der Waals surface area contributed by atoms with E-state index in [2.05, 4.69) is 59.4 Å². The molecule has 0 fully saturated rings. The highest BCUT2D eigenvalue weighted by Crippen LogP contribution is 2.26. The number of pyridine rings is 1. The summed E-state index contributed by atoms with van der Waals surface area (Å²) < 4.78 is 0. The van der Waals surface area contributed by atoms with Gasteiger partial charge in [-0.3, -0.25) is 4.98 Å². The third-order valence-corrected chi connectivity index (χ3v) is 4.21. The zero-order valence-electron chi connectivity index (χ0n) is 12.8. The Morgan fingerprint density at radius 3 is 2.86 bits per heavy atom. The number of fused-ring (bicyclic) bond motifs is 1. The van der Waals surface area contributed by atoms with Gasteiger partial charge in [0.1, 0.15) is 0 Å². The molecule has 0 saturated carbocycles. The van der Waals surface area contributed by atoms with Crippen LogP contribution in [-0.2, 0) is 13.1 Å². The molecule has 3 rings (SSSR count). The van der Waals surface area contributed by atoms with Crippen molar-refractivity contribution in [3.05, 3.63) is 59.9 Å². The lowest BCUT2D eigenvalue weighted by molar-refractivity contribution is 0.403. The minimum Gasteiger partial charge on any atom is -0.365 e. The molecule has 1 aromatic carbocycles. The van der Waals surface area contributed by atoms with Crippen LogP contribution in [0.25, 0.3) is 0 Å². The van der Waals surface area contributed by atoms with Gasteiger partial charge in [-0.05, 0) is 29.2 Å². The molecular weight excluding hydrogens is 258 g/mol. The number of benzene rings is 1. The Labute approximate surface area is 127 Å². The summed E-state index contributed by atoms with van der Waals surface area (Å²) in [6, 6.07) is 13.4. The highest BCUT2D eigenvalue weighted by Gasteiger charge is 2.23. The van der Waals surface area contributed by atoms with Crippen molar-refractivity contribution in [3.8, 4) is 0 Å². The molecule has 0 aliphatic carbocycles. The smallest absolute Gasteiger partial charge is 0.0445 e. The van der Waals surface area contributed by atoms with Gasteiger partial charge in [0.15, 0.2) is 0 Å². The number of hydrogen-bond acceptors (Lipinski definition) is 3.